The van der Waals surface area contributed by atoms with Crippen LogP contribution >= 0.6 is 11.8 Å². The second-order valence-corrected chi connectivity index (χ2v) is 7.23. The normalized spacial score (nSPS) is 23.6. The molecule has 0 unspecified atom stereocenters. The average Bonchev–Trinajstić information content (AvgIpc) is 3.11. The molecule has 0 bridgehead atoms. The molecule has 138 valence electrons. The zero-order valence-corrected chi connectivity index (χ0v) is 15.0. The van der Waals surface area contributed by atoms with E-state index in [9.17, 15) is 18.0 Å². The molecule has 1 saturated heterocycles. The summed E-state index contributed by atoms with van der Waals surface area (Å²) < 4.78 is 44.2. The van der Waals surface area contributed by atoms with Crippen molar-refractivity contribution < 1.29 is 22.7 Å². The minimum atomic E-state index is -4.48. The van der Waals surface area contributed by atoms with Crippen molar-refractivity contribution in [3.05, 3.63) is 23.3 Å². The summed E-state index contributed by atoms with van der Waals surface area (Å²) in [7, 11) is 1.28. The number of hydrogen-bond donors (Lipinski definition) is 1. The van der Waals surface area contributed by atoms with Crippen LogP contribution in [0.15, 0.2) is 17.0 Å². The molecule has 1 aliphatic carbocycles. The van der Waals surface area contributed by atoms with Crippen molar-refractivity contribution in [2.24, 2.45) is 0 Å². The number of rotatable bonds is 5. The van der Waals surface area contributed by atoms with Crippen molar-refractivity contribution in [2.45, 2.75) is 42.4 Å². The molecule has 2 atom stereocenters. The quantitative estimate of drug-likeness (QED) is 0.802. The van der Waals surface area contributed by atoms with Gasteiger partial charge in [-0.05, 0) is 50.7 Å². The average molecular weight is 374 g/mol. The molecular formula is C17H21F3N2O2S. The smallest absolute Gasteiger partial charge is 0.416 e. The van der Waals surface area contributed by atoms with Crippen molar-refractivity contribution in [3.63, 3.8) is 0 Å². The van der Waals surface area contributed by atoms with Crippen LogP contribution in [0.1, 0.15) is 35.2 Å². The van der Waals surface area contributed by atoms with E-state index in [0.717, 1.165) is 43.4 Å². The van der Waals surface area contributed by atoms with Gasteiger partial charge in [-0.2, -0.15) is 13.2 Å². The monoisotopic (exact) mass is 374 g/mol. The zero-order valence-electron chi connectivity index (χ0n) is 14.2. The Labute approximate surface area is 149 Å². The second-order valence-electron chi connectivity index (χ2n) is 6.38. The molecule has 4 nitrogen and oxygen atoms in total. The molecule has 3 rings (SSSR count). The van der Waals surface area contributed by atoms with E-state index in [4.69, 9.17) is 4.74 Å². The molecule has 2 fully saturated rings. The lowest BCUT2D eigenvalue weighted by Gasteiger charge is -2.17. The number of alkyl halides is 3. The Bertz CT molecular complexity index is 635. The van der Waals surface area contributed by atoms with Gasteiger partial charge in [0.05, 0.1) is 18.2 Å². The third-order valence-electron chi connectivity index (χ3n) is 4.74. The first-order chi connectivity index (χ1) is 11.8. The van der Waals surface area contributed by atoms with Gasteiger partial charge in [-0.3, -0.25) is 9.69 Å². The van der Waals surface area contributed by atoms with Crippen molar-refractivity contribution in [1.29, 1.82) is 0 Å². The summed E-state index contributed by atoms with van der Waals surface area (Å²) in [5, 5.41) is 2.95. The number of nitrogens with zero attached hydrogens (tertiary/aromatic N) is 1. The van der Waals surface area contributed by atoms with Crippen LogP contribution in [-0.2, 0) is 6.18 Å². The van der Waals surface area contributed by atoms with E-state index in [1.807, 2.05) is 0 Å². The molecule has 25 heavy (non-hydrogen) atoms. The SMILES string of the molecule is COc1cc(C(F)(F)F)cc(SC)c1C(=O)N[C@H]1C[C@H]1N1CCCC1. The highest BCUT2D eigenvalue weighted by atomic mass is 32.2. The maximum atomic E-state index is 13.0. The van der Waals surface area contributed by atoms with Gasteiger partial charge in [-0.25, -0.2) is 0 Å². The number of halogens is 3. The fraction of sp³-hybridized carbons (Fsp3) is 0.588. The number of ether oxygens (including phenoxy) is 1. The van der Waals surface area contributed by atoms with E-state index in [0.29, 0.717) is 6.04 Å². The summed E-state index contributed by atoms with van der Waals surface area (Å²) in [6.07, 6.45) is 0.421. The summed E-state index contributed by atoms with van der Waals surface area (Å²) in [5.74, 6) is -0.420. The maximum Gasteiger partial charge on any atom is 0.416 e. The van der Waals surface area contributed by atoms with Gasteiger partial charge in [0.1, 0.15) is 5.75 Å². The summed E-state index contributed by atoms with van der Waals surface area (Å²) in [4.78, 5) is 15.3. The molecular weight excluding hydrogens is 353 g/mol. The Morgan fingerprint density at radius 1 is 1.32 bits per heavy atom. The van der Waals surface area contributed by atoms with Crippen molar-refractivity contribution >= 4 is 17.7 Å². The van der Waals surface area contributed by atoms with E-state index in [-0.39, 0.29) is 28.2 Å². The van der Waals surface area contributed by atoms with E-state index in [1.54, 1.807) is 6.26 Å². The number of hydrogen-bond acceptors (Lipinski definition) is 4. The summed E-state index contributed by atoms with van der Waals surface area (Å²) in [6, 6.07) is 2.31. The lowest BCUT2D eigenvalue weighted by molar-refractivity contribution is -0.137. The lowest BCUT2D eigenvalue weighted by atomic mass is 10.1. The molecule has 1 amide bonds. The van der Waals surface area contributed by atoms with Gasteiger partial charge in [-0.15, -0.1) is 11.8 Å². The molecule has 2 aliphatic rings. The molecule has 1 N–H and O–H groups in total. The molecule has 1 heterocycles. The van der Waals surface area contributed by atoms with Crippen LogP contribution in [0.4, 0.5) is 13.2 Å². The Morgan fingerprint density at radius 2 is 2.00 bits per heavy atom. The molecule has 1 aromatic rings. The summed E-state index contributed by atoms with van der Waals surface area (Å²) >= 11 is 1.11. The molecule has 1 aliphatic heterocycles. The first-order valence-corrected chi connectivity index (χ1v) is 9.45. The number of benzene rings is 1. The molecule has 0 aromatic heterocycles. The van der Waals surface area contributed by atoms with Crippen LogP contribution in [0, 0.1) is 0 Å². The minimum absolute atomic E-state index is 0.0463. The van der Waals surface area contributed by atoms with Gasteiger partial charge in [0.25, 0.3) is 5.91 Å². The molecule has 8 heteroatoms. The first-order valence-electron chi connectivity index (χ1n) is 8.23. The van der Waals surface area contributed by atoms with Crippen molar-refractivity contribution in [3.8, 4) is 5.75 Å². The predicted octanol–water partition coefficient (Wildman–Crippen LogP) is 3.40. The summed E-state index contributed by atoms with van der Waals surface area (Å²) in [5.41, 5.74) is -0.637. The van der Waals surface area contributed by atoms with Gasteiger partial charge in [0, 0.05) is 17.0 Å². The molecule has 1 saturated carbocycles. The van der Waals surface area contributed by atoms with E-state index >= 15 is 0 Å². The highest BCUT2D eigenvalue weighted by Crippen LogP contribution is 2.39. The van der Waals surface area contributed by atoms with E-state index in [1.165, 1.54) is 20.0 Å². The number of thioether (sulfide) groups is 1. The topological polar surface area (TPSA) is 41.6 Å². The van der Waals surface area contributed by atoms with Crippen LogP contribution < -0.4 is 10.1 Å². The second kappa shape index (κ2) is 7.07. The number of carbonyl (C=O) groups excluding carboxylic acids is 1. The van der Waals surface area contributed by atoms with Gasteiger partial charge in [-0.1, -0.05) is 0 Å². The van der Waals surface area contributed by atoms with Gasteiger partial charge in [0.15, 0.2) is 0 Å². The van der Waals surface area contributed by atoms with Crippen LogP contribution in [0.5, 0.6) is 5.75 Å². The number of amides is 1. The Morgan fingerprint density at radius 3 is 2.56 bits per heavy atom. The molecule has 1 aromatic carbocycles. The van der Waals surface area contributed by atoms with Crippen LogP contribution in [-0.4, -0.2) is 49.3 Å². The van der Waals surface area contributed by atoms with Crippen LogP contribution in [0.2, 0.25) is 0 Å². The summed E-state index contributed by atoms with van der Waals surface area (Å²) in [6.45, 7) is 2.10. The third-order valence-corrected chi connectivity index (χ3v) is 5.50. The molecule has 0 spiro atoms. The van der Waals surface area contributed by atoms with Gasteiger partial charge >= 0.3 is 6.18 Å². The maximum absolute atomic E-state index is 13.0. The fourth-order valence-electron chi connectivity index (χ4n) is 3.35. The predicted molar refractivity (Wildman–Crippen MR) is 90.2 cm³/mol. The fourth-order valence-corrected chi connectivity index (χ4v) is 4.00. The lowest BCUT2D eigenvalue weighted by Crippen LogP contribution is -2.34. The third kappa shape index (κ3) is 3.89. The zero-order chi connectivity index (χ0) is 18.2. The van der Waals surface area contributed by atoms with Crippen LogP contribution in [0.3, 0.4) is 0 Å². The van der Waals surface area contributed by atoms with Gasteiger partial charge in [0.2, 0.25) is 0 Å². The largest absolute Gasteiger partial charge is 0.496 e. The van der Waals surface area contributed by atoms with Crippen molar-refractivity contribution in [1.82, 2.24) is 10.2 Å². The van der Waals surface area contributed by atoms with Gasteiger partial charge < -0.3 is 10.1 Å². The number of likely N-dealkylation sites (tertiary alicyclic amines) is 1. The van der Waals surface area contributed by atoms with E-state index in [2.05, 4.69) is 10.2 Å². The van der Waals surface area contributed by atoms with Crippen LogP contribution in [0.25, 0.3) is 0 Å². The Kier molecular flexibility index (Phi) is 5.20. The Balaban J connectivity index is 1.79. The number of carbonyl (C=O) groups is 1. The first kappa shape index (κ1) is 18.4. The standard InChI is InChI=1S/C17H21F3N2O2S/c1-24-13-7-10(17(18,19)20)8-14(25-2)15(13)16(23)21-11-9-12(11)22-5-3-4-6-22/h7-8,11-12H,3-6,9H2,1-2H3,(H,21,23)/t11-,12+/m0/s1. The number of methoxy groups -OCH3 is 1. The highest BCUT2D eigenvalue weighted by molar-refractivity contribution is 7.98. The number of nitrogens with one attached hydrogen (secondary N) is 1. The minimum Gasteiger partial charge on any atom is -0.496 e. The highest BCUT2D eigenvalue weighted by Gasteiger charge is 2.44. The van der Waals surface area contributed by atoms with Crippen molar-refractivity contribution in [2.75, 3.05) is 26.5 Å². The Hall–Kier alpha value is -1.41. The van der Waals surface area contributed by atoms with E-state index < -0.39 is 11.7 Å². The molecule has 0 radical (unpaired) electrons.